The molecule has 0 spiro atoms. The maximum Gasteiger partial charge on any atom is 0.573 e. The zero-order chi connectivity index (χ0) is 28.4. The van der Waals surface area contributed by atoms with Gasteiger partial charge in [-0.25, -0.2) is 0 Å². The molecule has 2 N–H and O–H groups in total. The predicted octanol–water partition coefficient (Wildman–Crippen LogP) is 5.44. The van der Waals surface area contributed by atoms with E-state index in [1.165, 1.54) is 30.1 Å². The Hall–Kier alpha value is -3.93. The topological polar surface area (TPSA) is 65.0 Å². The Bertz CT molecular complexity index is 1310. The number of nitrogens with zero attached hydrogens (tertiary/aromatic N) is 2. The lowest BCUT2D eigenvalue weighted by Gasteiger charge is -2.46. The second-order valence-corrected chi connectivity index (χ2v) is 8.99. The molecule has 1 amide bonds. The minimum atomic E-state index is -4.86. The fraction of sp³-hybridized carbons (Fsp3) is 0.296. The maximum absolute atomic E-state index is 13.4. The second-order valence-electron chi connectivity index (χ2n) is 8.99. The lowest BCUT2D eigenvalue weighted by molar-refractivity contribution is -0.274. The number of hydrogen-bond donors (Lipinski definition) is 2. The van der Waals surface area contributed by atoms with Gasteiger partial charge in [-0.15, -0.1) is 13.2 Å². The van der Waals surface area contributed by atoms with E-state index < -0.39 is 37.0 Å². The highest BCUT2D eigenvalue weighted by molar-refractivity contribution is 5.94. The molecule has 0 saturated carbocycles. The van der Waals surface area contributed by atoms with Gasteiger partial charge in [-0.1, -0.05) is 36.4 Å². The number of hydrogen-bond acceptors (Lipinski definition) is 5. The number of halogens is 6. The molecule has 6 nitrogen and oxygen atoms in total. The number of carbonyl (C=O) groups excluding carboxylic acids is 1. The number of β-amino-alcohol motifs (C(OH)–C–C–N with tert-alkyl or cyclic N) is 1. The molecule has 2 atom stereocenters. The lowest BCUT2D eigenvalue weighted by Crippen LogP contribution is -2.49. The third-order valence-electron chi connectivity index (χ3n) is 6.31. The van der Waals surface area contributed by atoms with E-state index in [-0.39, 0.29) is 19.0 Å². The summed E-state index contributed by atoms with van der Waals surface area (Å²) in [4.78, 5) is 15.5. The van der Waals surface area contributed by atoms with Crippen molar-refractivity contribution in [3.05, 3.63) is 89.5 Å². The van der Waals surface area contributed by atoms with E-state index in [1.807, 2.05) is 4.90 Å². The Morgan fingerprint density at radius 3 is 2.36 bits per heavy atom. The van der Waals surface area contributed by atoms with Gasteiger partial charge in [-0.2, -0.15) is 13.2 Å². The van der Waals surface area contributed by atoms with Crippen LogP contribution in [0.4, 0.5) is 37.7 Å². The number of fused-ring (bicyclic) bond motifs is 1. The molecule has 39 heavy (non-hydrogen) atoms. The lowest BCUT2D eigenvalue weighted by atomic mass is 9.96. The maximum atomic E-state index is 13.4. The molecular weight excluding hydrogens is 528 g/mol. The van der Waals surface area contributed by atoms with Crippen molar-refractivity contribution in [3.8, 4) is 5.75 Å². The van der Waals surface area contributed by atoms with Crippen molar-refractivity contribution in [2.24, 2.45) is 0 Å². The Labute approximate surface area is 220 Å². The number of amides is 1. The highest BCUT2D eigenvalue weighted by Crippen LogP contribution is 2.42. The fourth-order valence-corrected chi connectivity index (χ4v) is 4.59. The van der Waals surface area contributed by atoms with Crippen LogP contribution in [0.2, 0.25) is 0 Å². The third-order valence-corrected chi connectivity index (χ3v) is 6.31. The van der Waals surface area contributed by atoms with E-state index in [0.717, 1.165) is 0 Å². The number of alkyl halides is 6. The predicted molar refractivity (Wildman–Crippen MR) is 133 cm³/mol. The second kappa shape index (κ2) is 11.0. The van der Waals surface area contributed by atoms with Gasteiger partial charge in [0.05, 0.1) is 24.0 Å². The van der Waals surface area contributed by atoms with Crippen LogP contribution in [0.5, 0.6) is 5.75 Å². The van der Waals surface area contributed by atoms with Crippen LogP contribution >= 0.6 is 0 Å². The van der Waals surface area contributed by atoms with Crippen LogP contribution in [-0.2, 0) is 6.54 Å². The minimum Gasteiger partial charge on any atom is -0.406 e. The van der Waals surface area contributed by atoms with Crippen molar-refractivity contribution in [2.45, 2.75) is 31.2 Å². The van der Waals surface area contributed by atoms with Gasteiger partial charge < -0.3 is 25.0 Å². The molecule has 12 heteroatoms. The van der Waals surface area contributed by atoms with Gasteiger partial charge in [0.1, 0.15) is 5.75 Å². The zero-order valence-corrected chi connectivity index (χ0v) is 20.6. The molecule has 0 fully saturated rings. The molecule has 1 aliphatic heterocycles. The minimum absolute atomic E-state index is 0.114. The molecule has 0 bridgehead atoms. The van der Waals surface area contributed by atoms with Gasteiger partial charge in [-0.3, -0.25) is 4.79 Å². The zero-order valence-electron chi connectivity index (χ0n) is 20.6. The smallest absolute Gasteiger partial charge is 0.406 e. The summed E-state index contributed by atoms with van der Waals surface area (Å²) in [6.07, 6.45) is -12.4. The Balaban J connectivity index is 1.75. The molecule has 4 rings (SSSR count). The van der Waals surface area contributed by atoms with Crippen LogP contribution in [0, 0.1) is 0 Å². The molecule has 0 radical (unpaired) electrons. The number of nitrogens with one attached hydrogen (secondary N) is 1. The molecule has 0 aromatic heterocycles. The summed E-state index contributed by atoms with van der Waals surface area (Å²) in [6, 6.07) is 17.8. The summed E-state index contributed by atoms with van der Waals surface area (Å²) in [6.45, 7) is -0.533. The van der Waals surface area contributed by atoms with Crippen LogP contribution in [0.25, 0.3) is 0 Å². The molecule has 208 valence electrons. The summed E-state index contributed by atoms with van der Waals surface area (Å²) in [7, 11) is 1.45. The highest BCUT2D eigenvalue weighted by atomic mass is 19.4. The quantitative estimate of drug-likeness (QED) is 0.382. The van der Waals surface area contributed by atoms with Gasteiger partial charge in [0, 0.05) is 25.7 Å². The van der Waals surface area contributed by atoms with Crippen molar-refractivity contribution in [1.29, 1.82) is 0 Å². The number of aliphatic hydroxyl groups is 1. The van der Waals surface area contributed by atoms with Gasteiger partial charge in [0.2, 0.25) is 0 Å². The van der Waals surface area contributed by atoms with Crippen molar-refractivity contribution in [3.63, 3.8) is 0 Å². The average Bonchev–Trinajstić information content (AvgIpc) is 2.88. The van der Waals surface area contributed by atoms with Crippen LogP contribution in [0.15, 0.2) is 72.8 Å². The third kappa shape index (κ3) is 6.75. The van der Waals surface area contributed by atoms with Crippen LogP contribution in [-0.4, -0.2) is 49.8 Å². The van der Waals surface area contributed by atoms with Crippen LogP contribution < -0.4 is 19.9 Å². The Morgan fingerprint density at radius 2 is 1.69 bits per heavy atom. The molecule has 0 saturated heterocycles. The van der Waals surface area contributed by atoms with Crippen molar-refractivity contribution in [1.82, 2.24) is 5.32 Å². The van der Waals surface area contributed by atoms with Gasteiger partial charge in [0.15, 0.2) is 6.10 Å². The summed E-state index contributed by atoms with van der Waals surface area (Å²) in [5.74, 6) is -0.775. The van der Waals surface area contributed by atoms with E-state index in [1.54, 1.807) is 54.6 Å². The van der Waals surface area contributed by atoms with E-state index in [2.05, 4.69) is 10.1 Å². The Morgan fingerprint density at radius 1 is 1.00 bits per heavy atom. The van der Waals surface area contributed by atoms with Gasteiger partial charge in [-0.05, 0) is 47.5 Å². The SMILES string of the molecule is CNC(=O)c1cccc(C2CN(Cc3cccc(OC(F)(F)F)c3)c3ccccc3N2C[C@@H](O)C(F)(F)F)c1. The highest BCUT2D eigenvalue weighted by Gasteiger charge is 2.42. The van der Waals surface area contributed by atoms with E-state index >= 15 is 0 Å². The summed E-state index contributed by atoms with van der Waals surface area (Å²) < 4.78 is 82.5. The largest absolute Gasteiger partial charge is 0.573 e. The summed E-state index contributed by atoms with van der Waals surface area (Å²) in [5, 5.41) is 12.5. The number of rotatable bonds is 7. The van der Waals surface area contributed by atoms with Gasteiger partial charge in [0.25, 0.3) is 5.91 Å². The van der Waals surface area contributed by atoms with E-state index in [4.69, 9.17) is 0 Å². The monoisotopic (exact) mass is 553 g/mol. The summed E-state index contributed by atoms with van der Waals surface area (Å²) >= 11 is 0. The number of aliphatic hydroxyl groups excluding tert-OH is 1. The van der Waals surface area contributed by atoms with Crippen molar-refractivity contribution >= 4 is 17.3 Å². The number of anilines is 2. The first-order valence-electron chi connectivity index (χ1n) is 11.9. The molecular formula is C27H25F6N3O3. The van der Waals surface area contributed by atoms with Gasteiger partial charge >= 0.3 is 12.5 Å². The molecule has 3 aromatic rings. The van der Waals surface area contributed by atoms with Crippen LogP contribution in [0.1, 0.15) is 27.5 Å². The van der Waals surface area contributed by atoms with Crippen molar-refractivity contribution < 1.29 is 41.0 Å². The Kier molecular flexibility index (Phi) is 7.96. The molecule has 0 aliphatic carbocycles. The van der Waals surface area contributed by atoms with Crippen molar-refractivity contribution in [2.75, 3.05) is 29.9 Å². The van der Waals surface area contributed by atoms with Crippen LogP contribution in [0.3, 0.4) is 0 Å². The number of para-hydroxylation sites is 2. The average molecular weight is 554 g/mol. The standard InChI is InChI=1S/C27H25F6N3O3/c1-34-25(38)19-8-5-7-18(13-19)23-15-35(14-17-6-4-9-20(12-17)39-27(31,32)33)21-10-2-3-11-22(21)36(23)16-24(37)26(28,29)30/h2-13,23-24,37H,14-16H2,1H3,(H,34,38)/t23?,24-/m1/s1. The first kappa shape index (κ1) is 28.1. The fourth-order valence-electron chi connectivity index (χ4n) is 4.59. The molecule has 1 unspecified atom stereocenters. The first-order chi connectivity index (χ1) is 18.4. The number of carbonyl (C=O) groups is 1. The summed E-state index contributed by atoms with van der Waals surface area (Å²) in [5.41, 5.74) is 2.24. The molecule has 1 heterocycles. The van der Waals surface area contributed by atoms with E-state index in [9.17, 15) is 36.2 Å². The molecule has 3 aromatic carbocycles. The van der Waals surface area contributed by atoms with E-state index in [0.29, 0.717) is 28.1 Å². The molecule has 1 aliphatic rings. The first-order valence-corrected chi connectivity index (χ1v) is 11.9. The number of ether oxygens (including phenoxy) is 1. The number of benzene rings is 3. The normalized spacial score (nSPS) is 16.5.